The minimum absolute atomic E-state index is 0.562. The molecule has 1 aromatic carbocycles. The van der Waals surface area contributed by atoms with Gasteiger partial charge in [0.15, 0.2) is 0 Å². The van der Waals surface area contributed by atoms with Crippen molar-refractivity contribution in [3.63, 3.8) is 0 Å². The summed E-state index contributed by atoms with van der Waals surface area (Å²) in [6.07, 6.45) is 9.28. The third kappa shape index (κ3) is 4.92. The Hall–Kier alpha value is -1.54. The van der Waals surface area contributed by atoms with Gasteiger partial charge < -0.3 is 10.1 Å². The van der Waals surface area contributed by atoms with E-state index in [2.05, 4.69) is 30.1 Å². The van der Waals surface area contributed by atoms with Crippen LogP contribution in [-0.2, 0) is 6.54 Å². The van der Waals surface area contributed by atoms with Gasteiger partial charge in [-0.2, -0.15) is 0 Å². The van der Waals surface area contributed by atoms with Gasteiger partial charge in [0.2, 0.25) is 0 Å². The quantitative estimate of drug-likeness (QED) is 0.564. The summed E-state index contributed by atoms with van der Waals surface area (Å²) in [5, 5.41) is 3.49. The first kappa shape index (κ1) is 13.9. The molecule has 1 aromatic rings. The second-order valence-electron chi connectivity index (χ2n) is 4.93. The van der Waals surface area contributed by atoms with Gasteiger partial charge in [0.25, 0.3) is 0 Å². The first-order valence-electron chi connectivity index (χ1n) is 7.10. The number of benzene rings is 1. The maximum Gasteiger partial charge on any atom is 0.119 e. The van der Waals surface area contributed by atoms with Gasteiger partial charge in [-0.25, -0.2) is 0 Å². The summed E-state index contributed by atoms with van der Waals surface area (Å²) in [6, 6.07) is 8.25. The second kappa shape index (κ2) is 7.80. The summed E-state index contributed by atoms with van der Waals surface area (Å²) < 4.78 is 5.46. The normalized spacial score (nSPS) is 14.2. The second-order valence-corrected chi connectivity index (χ2v) is 4.93. The van der Waals surface area contributed by atoms with E-state index in [4.69, 9.17) is 4.74 Å². The van der Waals surface area contributed by atoms with Crippen LogP contribution in [0.2, 0.25) is 0 Å². The molecule has 0 saturated carbocycles. The molecule has 0 radical (unpaired) electrons. The highest BCUT2D eigenvalue weighted by Crippen LogP contribution is 2.19. The molecule has 2 rings (SSSR count). The zero-order valence-corrected chi connectivity index (χ0v) is 11.5. The highest BCUT2D eigenvalue weighted by atomic mass is 16.5. The Bertz CT molecular complexity index is 419. The molecule has 0 bridgehead atoms. The zero-order valence-electron chi connectivity index (χ0n) is 11.5. The molecule has 1 aliphatic carbocycles. The number of rotatable bonds is 8. The monoisotopic (exact) mass is 257 g/mol. The van der Waals surface area contributed by atoms with Crippen LogP contribution in [0.1, 0.15) is 31.2 Å². The van der Waals surface area contributed by atoms with E-state index in [1.165, 1.54) is 31.2 Å². The van der Waals surface area contributed by atoms with Crippen LogP contribution in [0.4, 0.5) is 0 Å². The van der Waals surface area contributed by atoms with Crippen molar-refractivity contribution in [1.29, 1.82) is 0 Å². The fraction of sp³-hybridized carbons (Fsp3) is 0.412. The summed E-state index contributed by atoms with van der Waals surface area (Å²) in [6.45, 7) is 6.19. The van der Waals surface area contributed by atoms with Gasteiger partial charge in [-0.3, -0.25) is 0 Å². The Morgan fingerprint density at radius 1 is 1.26 bits per heavy atom. The SMILES string of the molecule is C=CCOc1ccc(CNCCC2=CCCC2)cc1. The van der Waals surface area contributed by atoms with E-state index in [1.807, 2.05) is 12.1 Å². The molecule has 102 valence electrons. The fourth-order valence-corrected chi connectivity index (χ4v) is 2.30. The molecule has 2 heteroatoms. The van der Waals surface area contributed by atoms with Gasteiger partial charge in [-0.05, 0) is 49.9 Å². The van der Waals surface area contributed by atoms with Gasteiger partial charge >= 0.3 is 0 Å². The summed E-state index contributed by atoms with van der Waals surface area (Å²) in [7, 11) is 0. The molecule has 0 fully saturated rings. The molecular weight excluding hydrogens is 234 g/mol. The molecule has 0 atom stereocenters. The average Bonchev–Trinajstić information content (AvgIpc) is 2.96. The Morgan fingerprint density at radius 3 is 2.79 bits per heavy atom. The number of allylic oxidation sites excluding steroid dienone is 1. The summed E-state index contributed by atoms with van der Waals surface area (Å²) >= 11 is 0. The molecule has 0 unspecified atom stereocenters. The molecule has 1 N–H and O–H groups in total. The van der Waals surface area contributed by atoms with Crippen LogP contribution in [0.15, 0.2) is 48.6 Å². The van der Waals surface area contributed by atoms with Crippen molar-refractivity contribution in [2.24, 2.45) is 0 Å². The van der Waals surface area contributed by atoms with E-state index < -0.39 is 0 Å². The van der Waals surface area contributed by atoms with Gasteiger partial charge in [-0.15, -0.1) is 0 Å². The van der Waals surface area contributed by atoms with Crippen LogP contribution >= 0.6 is 0 Å². The van der Waals surface area contributed by atoms with Crippen LogP contribution in [0.5, 0.6) is 5.75 Å². The van der Waals surface area contributed by atoms with E-state index >= 15 is 0 Å². The third-order valence-corrected chi connectivity index (χ3v) is 3.38. The smallest absolute Gasteiger partial charge is 0.119 e. The van der Waals surface area contributed by atoms with Gasteiger partial charge in [-0.1, -0.05) is 36.4 Å². The minimum Gasteiger partial charge on any atom is -0.490 e. The van der Waals surface area contributed by atoms with Crippen molar-refractivity contribution in [1.82, 2.24) is 5.32 Å². The van der Waals surface area contributed by atoms with Gasteiger partial charge in [0.1, 0.15) is 12.4 Å². The van der Waals surface area contributed by atoms with Crippen molar-refractivity contribution >= 4 is 0 Å². The maximum absolute atomic E-state index is 5.46. The molecule has 2 nitrogen and oxygen atoms in total. The zero-order chi connectivity index (χ0) is 13.3. The van der Waals surface area contributed by atoms with Crippen LogP contribution in [0.3, 0.4) is 0 Å². The minimum atomic E-state index is 0.562. The lowest BCUT2D eigenvalue weighted by Gasteiger charge is -2.07. The Balaban J connectivity index is 1.66. The van der Waals surface area contributed by atoms with E-state index in [0.717, 1.165) is 18.8 Å². The molecule has 0 amide bonds. The first-order chi connectivity index (χ1) is 9.38. The van der Waals surface area contributed by atoms with Crippen molar-refractivity contribution in [3.8, 4) is 5.75 Å². The van der Waals surface area contributed by atoms with Gasteiger partial charge in [0, 0.05) is 6.54 Å². The fourth-order valence-electron chi connectivity index (χ4n) is 2.30. The Kier molecular flexibility index (Phi) is 5.70. The summed E-state index contributed by atoms with van der Waals surface area (Å²) in [5.74, 6) is 0.903. The average molecular weight is 257 g/mol. The number of nitrogens with one attached hydrogen (secondary N) is 1. The van der Waals surface area contributed by atoms with Crippen LogP contribution < -0.4 is 10.1 Å². The summed E-state index contributed by atoms with van der Waals surface area (Å²) in [5.41, 5.74) is 2.92. The molecule has 0 saturated heterocycles. The van der Waals surface area contributed by atoms with Gasteiger partial charge in [0.05, 0.1) is 0 Å². The molecular formula is C17H23NO. The van der Waals surface area contributed by atoms with E-state index in [-0.39, 0.29) is 0 Å². The van der Waals surface area contributed by atoms with Crippen molar-refractivity contribution in [3.05, 3.63) is 54.1 Å². The Labute approximate surface area is 116 Å². The van der Waals surface area contributed by atoms with E-state index in [9.17, 15) is 0 Å². The standard InChI is InChI=1S/C17H23NO/c1-2-13-19-17-9-7-16(8-10-17)14-18-12-11-15-5-3-4-6-15/h2,5,7-10,18H,1,3-4,6,11-14H2. The third-order valence-electron chi connectivity index (χ3n) is 3.38. The van der Waals surface area contributed by atoms with Crippen LogP contribution in [-0.4, -0.2) is 13.2 Å². The highest BCUT2D eigenvalue weighted by molar-refractivity contribution is 5.27. The molecule has 0 heterocycles. The molecule has 19 heavy (non-hydrogen) atoms. The van der Waals surface area contributed by atoms with E-state index in [1.54, 1.807) is 11.6 Å². The largest absolute Gasteiger partial charge is 0.490 e. The van der Waals surface area contributed by atoms with Crippen molar-refractivity contribution < 1.29 is 4.74 Å². The lowest BCUT2D eigenvalue weighted by atomic mass is 10.1. The van der Waals surface area contributed by atoms with Crippen molar-refractivity contribution in [2.45, 2.75) is 32.2 Å². The molecule has 0 aliphatic heterocycles. The van der Waals surface area contributed by atoms with E-state index in [0.29, 0.717) is 6.61 Å². The maximum atomic E-state index is 5.46. The predicted molar refractivity (Wildman–Crippen MR) is 80.4 cm³/mol. The van der Waals surface area contributed by atoms with Crippen LogP contribution in [0.25, 0.3) is 0 Å². The Morgan fingerprint density at radius 2 is 2.11 bits per heavy atom. The number of ether oxygens (including phenoxy) is 1. The first-order valence-corrected chi connectivity index (χ1v) is 7.10. The highest BCUT2D eigenvalue weighted by Gasteiger charge is 2.03. The lowest BCUT2D eigenvalue weighted by molar-refractivity contribution is 0.363. The number of hydrogen-bond donors (Lipinski definition) is 1. The topological polar surface area (TPSA) is 21.3 Å². The number of hydrogen-bond acceptors (Lipinski definition) is 2. The molecule has 0 aromatic heterocycles. The molecule has 0 spiro atoms. The van der Waals surface area contributed by atoms with Crippen molar-refractivity contribution in [2.75, 3.05) is 13.2 Å². The lowest BCUT2D eigenvalue weighted by Crippen LogP contribution is -2.15. The molecule has 1 aliphatic rings. The summed E-state index contributed by atoms with van der Waals surface area (Å²) in [4.78, 5) is 0. The van der Waals surface area contributed by atoms with Crippen LogP contribution in [0, 0.1) is 0 Å². The predicted octanol–water partition coefficient (Wildman–Crippen LogP) is 3.84.